The molecule has 8 heteroatoms. The minimum atomic E-state index is -0.194. The van der Waals surface area contributed by atoms with Crippen molar-refractivity contribution in [2.45, 2.75) is 6.04 Å². The van der Waals surface area contributed by atoms with E-state index in [1.165, 1.54) is 6.33 Å². The van der Waals surface area contributed by atoms with Crippen LogP contribution in [0.15, 0.2) is 73.3 Å². The van der Waals surface area contributed by atoms with Crippen molar-refractivity contribution in [3.63, 3.8) is 0 Å². The van der Waals surface area contributed by atoms with E-state index in [9.17, 15) is 4.79 Å². The van der Waals surface area contributed by atoms with Gasteiger partial charge in [0.05, 0.1) is 17.3 Å². The van der Waals surface area contributed by atoms with E-state index < -0.39 is 0 Å². The summed E-state index contributed by atoms with van der Waals surface area (Å²) in [6, 6.07) is 17.3. The van der Waals surface area contributed by atoms with E-state index >= 15 is 0 Å². The van der Waals surface area contributed by atoms with Gasteiger partial charge < -0.3 is 10.7 Å². The summed E-state index contributed by atoms with van der Waals surface area (Å²) in [6.07, 6.45) is 4.68. The molecule has 0 radical (unpaired) electrons. The lowest BCUT2D eigenvalue weighted by atomic mass is 9.97. The average Bonchev–Trinajstić information content (AvgIpc) is 3.44. The third kappa shape index (κ3) is 3.32. The molecule has 0 bridgehead atoms. The second-order valence-electron chi connectivity index (χ2n) is 6.66. The standard InChI is InChI=1S/C21H17N7O/c29-21(15-4-2-8-22-11-15)25-16-5-1-3-13(9-16)19-17-10-14(20-23-12-24-28-20)6-7-18(17)26-27-19/h1-12,19,26-27H,(H,25,29)(H,23,24,28). The zero-order valence-electron chi connectivity index (χ0n) is 15.3. The van der Waals surface area contributed by atoms with Crippen LogP contribution < -0.4 is 16.2 Å². The molecule has 1 aliphatic rings. The molecule has 0 aliphatic carbocycles. The lowest BCUT2D eigenvalue weighted by Crippen LogP contribution is -2.20. The normalized spacial score (nSPS) is 14.8. The number of rotatable bonds is 4. The van der Waals surface area contributed by atoms with E-state index in [1.54, 1.807) is 24.5 Å². The number of nitrogens with zero attached hydrogens (tertiary/aromatic N) is 3. The molecule has 29 heavy (non-hydrogen) atoms. The average molecular weight is 383 g/mol. The molecule has 1 unspecified atom stereocenters. The number of aromatic amines is 1. The van der Waals surface area contributed by atoms with Crippen LogP contribution in [0, 0.1) is 0 Å². The van der Waals surface area contributed by atoms with Crippen molar-refractivity contribution in [2.75, 3.05) is 10.7 Å². The molecular formula is C21H17N7O. The molecular weight excluding hydrogens is 366 g/mol. The number of fused-ring (bicyclic) bond motifs is 1. The predicted octanol–water partition coefficient (Wildman–Crippen LogP) is 3.14. The molecule has 1 amide bonds. The second-order valence-corrected chi connectivity index (χ2v) is 6.66. The van der Waals surface area contributed by atoms with Crippen molar-refractivity contribution < 1.29 is 4.79 Å². The SMILES string of the molecule is O=C(Nc1cccc(C2NNc3ccc(-c4ncn[nH]4)cc32)c1)c1cccnc1. The van der Waals surface area contributed by atoms with E-state index in [1.807, 2.05) is 36.4 Å². The minimum absolute atomic E-state index is 0.0666. The molecule has 5 rings (SSSR count). The predicted molar refractivity (Wildman–Crippen MR) is 109 cm³/mol. The number of pyridine rings is 1. The molecule has 142 valence electrons. The zero-order chi connectivity index (χ0) is 19.6. The van der Waals surface area contributed by atoms with Crippen molar-refractivity contribution in [1.82, 2.24) is 25.6 Å². The third-order valence-electron chi connectivity index (χ3n) is 4.80. The first-order valence-corrected chi connectivity index (χ1v) is 9.10. The monoisotopic (exact) mass is 383 g/mol. The molecule has 3 heterocycles. The highest BCUT2D eigenvalue weighted by Gasteiger charge is 2.24. The number of anilines is 2. The second kappa shape index (κ2) is 7.17. The van der Waals surface area contributed by atoms with E-state index in [4.69, 9.17) is 0 Å². The zero-order valence-corrected chi connectivity index (χ0v) is 15.3. The van der Waals surface area contributed by atoms with Gasteiger partial charge in [0.1, 0.15) is 6.33 Å². The quantitative estimate of drug-likeness (QED) is 0.431. The fraction of sp³-hybridized carbons (Fsp3) is 0.0476. The number of nitrogens with one attached hydrogen (secondary N) is 4. The molecule has 1 aliphatic heterocycles. The topological polar surface area (TPSA) is 108 Å². The molecule has 8 nitrogen and oxygen atoms in total. The van der Waals surface area contributed by atoms with Crippen LogP contribution in [-0.4, -0.2) is 26.1 Å². The first-order valence-electron chi connectivity index (χ1n) is 9.10. The van der Waals surface area contributed by atoms with Gasteiger partial charge in [0.2, 0.25) is 0 Å². The fourth-order valence-electron chi connectivity index (χ4n) is 3.39. The minimum Gasteiger partial charge on any atom is -0.322 e. The Morgan fingerprint density at radius 3 is 2.86 bits per heavy atom. The first kappa shape index (κ1) is 17.1. The van der Waals surface area contributed by atoms with Crippen LogP contribution in [0.2, 0.25) is 0 Å². The maximum atomic E-state index is 12.4. The number of hydrogen-bond acceptors (Lipinski definition) is 6. The molecule has 2 aromatic heterocycles. The van der Waals surface area contributed by atoms with Gasteiger partial charge in [0, 0.05) is 29.2 Å². The summed E-state index contributed by atoms with van der Waals surface area (Å²) >= 11 is 0. The Morgan fingerprint density at radius 2 is 2.03 bits per heavy atom. The summed E-state index contributed by atoms with van der Waals surface area (Å²) in [5.74, 6) is 0.525. The van der Waals surface area contributed by atoms with Crippen molar-refractivity contribution >= 4 is 17.3 Å². The molecule has 0 spiro atoms. The molecule has 2 aromatic carbocycles. The van der Waals surface area contributed by atoms with Gasteiger partial charge in [-0.05, 0) is 48.0 Å². The lowest BCUT2D eigenvalue weighted by molar-refractivity contribution is 0.102. The van der Waals surface area contributed by atoms with Gasteiger partial charge >= 0.3 is 0 Å². The van der Waals surface area contributed by atoms with Crippen LogP contribution >= 0.6 is 0 Å². The van der Waals surface area contributed by atoms with E-state index in [0.717, 1.165) is 33.9 Å². The van der Waals surface area contributed by atoms with Crippen LogP contribution in [0.3, 0.4) is 0 Å². The maximum Gasteiger partial charge on any atom is 0.257 e. The Kier molecular flexibility index (Phi) is 4.23. The number of benzene rings is 2. The highest BCUT2D eigenvalue weighted by atomic mass is 16.1. The number of hydrazine groups is 1. The van der Waals surface area contributed by atoms with Crippen LogP contribution in [-0.2, 0) is 0 Å². The van der Waals surface area contributed by atoms with Crippen molar-refractivity contribution in [3.8, 4) is 11.4 Å². The number of aromatic nitrogens is 4. The van der Waals surface area contributed by atoms with Gasteiger partial charge in [-0.25, -0.2) is 10.4 Å². The summed E-state index contributed by atoms with van der Waals surface area (Å²) in [6.45, 7) is 0. The van der Waals surface area contributed by atoms with Crippen LogP contribution in [0.25, 0.3) is 11.4 Å². The summed E-state index contributed by atoms with van der Waals surface area (Å²) in [5.41, 5.74) is 11.8. The van der Waals surface area contributed by atoms with Crippen molar-refractivity contribution in [2.24, 2.45) is 0 Å². The van der Waals surface area contributed by atoms with Crippen LogP contribution in [0.4, 0.5) is 11.4 Å². The van der Waals surface area contributed by atoms with Crippen molar-refractivity contribution in [1.29, 1.82) is 0 Å². The Labute approximate surface area is 166 Å². The number of carbonyl (C=O) groups excluding carboxylic acids is 1. The fourth-order valence-corrected chi connectivity index (χ4v) is 3.39. The molecule has 0 saturated heterocycles. The molecule has 0 fully saturated rings. The van der Waals surface area contributed by atoms with E-state index in [2.05, 4.69) is 42.4 Å². The summed E-state index contributed by atoms with van der Waals surface area (Å²) in [4.78, 5) is 20.6. The highest BCUT2D eigenvalue weighted by molar-refractivity contribution is 6.04. The summed E-state index contributed by atoms with van der Waals surface area (Å²) < 4.78 is 0. The molecule has 4 N–H and O–H groups in total. The largest absolute Gasteiger partial charge is 0.322 e. The molecule has 1 atom stereocenters. The van der Waals surface area contributed by atoms with Gasteiger partial charge in [0.15, 0.2) is 5.82 Å². The van der Waals surface area contributed by atoms with Crippen LogP contribution in [0.1, 0.15) is 27.5 Å². The van der Waals surface area contributed by atoms with E-state index in [0.29, 0.717) is 5.56 Å². The van der Waals surface area contributed by atoms with Crippen molar-refractivity contribution in [3.05, 3.63) is 90.0 Å². The van der Waals surface area contributed by atoms with Crippen LogP contribution in [0.5, 0.6) is 0 Å². The smallest absolute Gasteiger partial charge is 0.257 e. The Balaban J connectivity index is 1.42. The highest BCUT2D eigenvalue weighted by Crippen LogP contribution is 2.36. The number of hydrogen-bond donors (Lipinski definition) is 4. The first-order chi connectivity index (χ1) is 14.3. The molecule has 4 aromatic rings. The Morgan fingerprint density at radius 1 is 1.07 bits per heavy atom. The summed E-state index contributed by atoms with van der Waals surface area (Å²) in [7, 11) is 0. The molecule has 0 saturated carbocycles. The third-order valence-corrected chi connectivity index (χ3v) is 4.80. The Bertz CT molecular complexity index is 1160. The van der Waals surface area contributed by atoms with Gasteiger partial charge in [-0.3, -0.25) is 14.9 Å². The number of amides is 1. The maximum absolute atomic E-state index is 12.4. The van der Waals surface area contributed by atoms with Gasteiger partial charge in [-0.1, -0.05) is 12.1 Å². The van der Waals surface area contributed by atoms with Gasteiger partial charge in [-0.2, -0.15) is 5.10 Å². The Hall–Kier alpha value is -4.04. The lowest BCUT2D eigenvalue weighted by Gasteiger charge is -2.14. The van der Waals surface area contributed by atoms with Gasteiger partial charge in [0.25, 0.3) is 5.91 Å². The van der Waals surface area contributed by atoms with Gasteiger partial charge in [-0.15, -0.1) is 0 Å². The number of carbonyl (C=O) groups is 1. The summed E-state index contributed by atoms with van der Waals surface area (Å²) in [5, 5.41) is 9.74. The van der Waals surface area contributed by atoms with E-state index in [-0.39, 0.29) is 11.9 Å². The number of H-pyrrole nitrogens is 1.